The number of halogens is 2. The van der Waals surface area contributed by atoms with Crippen molar-refractivity contribution in [1.29, 1.82) is 0 Å². The summed E-state index contributed by atoms with van der Waals surface area (Å²) in [5, 5.41) is 0. The fourth-order valence-electron chi connectivity index (χ4n) is 2.81. The molecule has 0 spiro atoms. The summed E-state index contributed by atoms with van der Waals surface area (Å²) < 4.78 is 0. The van der Waals surface area contributed by atoms with Crippen molar-refractivity contribution >= 4 is 51.4 Å². The summed E-state index contributed by atoms with van der Waals surface area (Å²) >= 11 is 8.89. The normalized spacial score (nSPS) is 21.2. The van der Waals surface area contributed by atoms with Crippen molar-refractivity contribution in [1.82, 2.24) is 0 Å². The molecule has 0 aromatic carbocycles. The Hall–Kier alpha value is 2.87. The van der Waals surface area contributed by atoms with Gasteiger partial charge in [0.25, 0.3) is 0 Å². The first-order valence-electron chi connectivity index (χ1n) is 8.58. The van der Waals surface area contributed by atoms with E-state index >= 15 is 0 Å². The predicted molar refractivity (Wildman–Crippen MR) is 124 cm³/mol. The third kappa shape index (κ3) is 12.2. The van der Waals surface area contributed by atoms with Gasteiger partial charge in [0.05, 0.1) is 0 Å². The molecule has 12 radical (unpaired) electrons. The second-order valence-corrected chi connectivity index (χ2v) is 6.25. The topological polar surface area (TPSA) is 0 Å². The Kier molecular flexibility index (Phi) is 31.4. The van der Waals surface area contributed by atoms with Crippen LogP contribution in [0.15, 0.2) is 0 Å². The van der Waals surface area contributed by atoms with Crippen molar-refractivity contribution in [2.24, 2.45) is 0 Å². The number of rotatable bonds is 0. The molecule has 0 amide bonds. The Balaban J connectivity index is -0.000000152. The van der Waals surface area contributed by atoms with Gasteiger partial charge in [0.1, 0.15) is 0 Å². The van der Waals surface area contributed by atoms with E-state index in [1.165, 1.54) is 59.2 Å². The maximum absolute atomic E-state index is 4.57. The van der Waals surface area contributed by atoms with Gasteiger partial charge in [-0.05, 0) is 59.2 Å². The molecule has 166 valence electrons. The first kappa shape index (κ1) is 38.1. The number of hydrogen-bond acceptors (Lipinski definition) is 0. The fourth-order valence-corrected chi connectivity index (χ4v) is 2.81. The zero-order valence-electron chi connectivity index (χ0n) is 19.3. The van der Waals surface area contributed by atoms with Crippen molar-refractivity contribution in [2.75, 3.05) is 0 Å². The molecule has 0 aliphatic heterocycles. The molecule has 2 aliphatic carbocycles. The van der Waals surface area contributed by atoms with Gasteiger partial charge in [-0.25, -0.2) is 0 Å². The van der Waals surface area contributed by atoms with Crippen molar-refractivity contribution in [3.63, 3.8) is 0 Å². The van der Waals surface area contributed by atoms with Crippen LogP contribution in [0.3, 0.4) is 0 Å². The monoisotopic (exact) mass is 734 g/mol. The first-order chi connectivity index (χ1) is 13.1. The molecular weight excluding hydrogens is 695 g/mol. The summed E-state index contributed by atoms with van der Waals surface area (Å²) in [4.78, 5) is 0. The van der Waals surface area contributed by atoms with Crippen LogP contribution in [0.5, 0.6) is 0 Å². The summed E-state index contributed by atoms with van der Waals surface area (Å²) in [6.45, 7) is 22.0. The van der Waals surface area contributed by atoms with Gasteiger partial charge in [-0.3, -0.25) is 0 Å². The Morgan fingerprint density at radius 3 is 0.393 bits per heavy atom. The Morgan fingerprint density at radius 2 is 0.357 bits per heavy atom. The van der Waals surface area contributed by atoms with Crippen LogP contribution in [-0.4, -0.2) is 32.0 Å². The van der Waals surface area contributed by atoms with Crippen LogP contribution in [0.2, 0.25) is 11.6 Å². The van der Waals surface area contributed by atoms with Crippen molar-refractivity contribution < 1.29 is 34.6 Å². The zero-order valence-corrected chi connectivity index (χ0v) is 27.7. The second-order valence-electron chi connectivity index (χ2n) is 6.25. The second kappa shape index (κ2) is 23.0. The number of hydrogen-bond donors (Lipinski definition) is 0. The van der Waals surface area contributed by atoms with E-state index in [9.17, 15) is 0 Å². The average Bonchev–Trinajstić information content (AvgIpc) is 3.04. The van der Waals surface area contributed by atoms with E-state index in [4.69, 9.17) is 0 Å². The van der Waals surface area contributed by atoms with Gasteiger partial charge in [-0.2, -0.15) is 0 Å². The van der Waals surface area contributed by atoms with E-state index in [1.54, 1.807) is 0 Å². The third-order valence-corrected chi connectivity index (χ3v) is 5.62. The molecule has 0 nitrogen and oxygen atoms in total. The molecular formula is C22H36Cl2Ru2Se2. The van der Waals surface area contributed by atoms with Gasteiger partial charge in [-0.15, -0.1) is 0 Å². The summed E-state index contributed by atoms with van der Waals surface area (Å²) in [7, 11) is 9.14. The molecule has 0 N–H and O–H groups in total. The van der Waals surface area contributed by atoms with E-state index in [0.717, 1.165) is 0 Å². The molecule has 2 rings (SSSR count). The molecule has 0 unspecified atom stereocenters. The van der Waals surface area contributed by atoms with Crippen LogP contribution >= 0.6 is 19.4 Å². The zero-order chi connectivity index (χ0) is 23.8. The summed E-state index contributed by atoms with van der Waals surface area (Å²) in [6.07, 6.45) is 0. The summed E-state index contributed by atoms with van der Waals surface area (Å²) in [5.41, 5.74) is 0. The Labute approximate surface area is 224 Å². The van der Waals surface area contributed by atoms with Gasteiger partial charge in [-0.1, -0.05) is 69.2 Å². The van der Waals surface area contributed by atoms with E-state index < -0.39 is 0 Å². The minimum absolute atomic E-state index is 1.47. The molecule has 0 bridgehead atoms. The van der Waals surface area contributed by atoms with Gasteiger partial charge in [0.2, 0.25) is 0 Å². The molecule has 28 heavy (non-hydrogen) atoms. The standard InChI is InChI=1S/2C10H15.2CH3Se.2ClH.2Ru/c2*1-6-7(2)9(4)10(5)8(6)3;2*1-2;;;;/h2*1-5H3;2*1H3;2*1H;;/q;;;;;;2*+1/p-2. The van der Waals surface area contributed by atoms with Crippen molar-refractivity contribution in [3.05, 3.63) is 59.2 Å². The van der Waals surface area contributed by atoms with E-state index in [2.05, 4.69) is 121 Å². The summed E-state index contributed by atoms with van der Waals surface area (Å²) in [5.74, 6) is 18.4. The van der Waals surface area contributed by atoms with E-state index in [1.807, 2.05) is 46.3 Å². The van der Waals surface area contributed by atoms with Crippen LogP contribution in [0.1, 0.15) is 69.2 Å². The quantitative estimate of drug-likeness (QED) is 0.224. The van der Waals surface area contributed by atoms with Gasteiger partial charge in [0, 0.05) is 0 Å². The molecule has 2 fully saturated rings. The maximum atomic E-state index is 4.57. The van der Waals surface area contributed by atoms with Crippen molar-refractivity contribution in [2.45, 2.75) is 80.9 Å². The van der Waals surface area contributed by atoms with E-state index in [-0.39, 0.29) is 0 Å². The van der Waals surface area contributed by atoms with Gasteiger partial charge < -0.3 is 0 Å². The van der Waals surface area contributed by atoms with E-state index in [0.29, 0.717) is 0 Å². The van der Waals surface area contributed by atoms with Gasteiger partial charge in [0.15, 0.2) is 0 Å². The van der Waals surface area contributed by atoms with Crippen molar-refractivity contribution in [3.8, 4) is 0 Å². The van der Waals surface area contributed by atoms with Crippen LogP contribution < -0.4 is 0 Å². The van der Waals surface area contributed by atoms with Crippen LogP contribution in [0.4, 0.5) is 0 Å². The third-order valence-electron chi connectivity index (χ3n) is 5.62. The summed E-state index contributed by atoms with van der Waals surface area (Å²) in [6, 6.07) is 0. The molecule has 0 aromatic rings. The predicted octanol–water partition coefficient (Wildman–Crippen LogP) is 7.72. The molecule has 2 aliphatic rings. The van der Waals surface area contributed by atoms with Crippen LogP contribution in [-0.2, 0) is 34.6 Å². The molecule has 0 heterocycles. The SMILES string of the molecule is C[C]1[C](C)[C](C)[C](C)[C]1C.C[C]1[C](C)[C](C)[C](C)[C]1C.C[Se].C[Se].[Cl][Ru].[Cl][Ru]. The fraction of sp³-hybridized carbons (Fsp3) is 0.545. The first-order valence-corrected chi connectivity index (χ1v) is 16.5. The molecule has 0 aromatic heterocycles. The minimum atomic E-state index is 1.47. The molecule has 0 saturated heterocycles. The molecule has 2 saturated carbocycles. The Morgan fingerprint density at radius 1 is 0.321 bits per heavy atom. The Bertz CT molecular complexity index is 205. The molecule has 0 atom stereocenters. The van der Waals surface area contributed by atoms with Gasteiger partial charge >= 0.3 is 97.7 Å². The average molecular weight is 731 g/mol. The van der Waals surface area contributed by atoms with Crippen LogP contribution in [0.25, 0.3) is 0 Å². The molecule has 6 heteroatoms. The van der Waals surface area contributed by atoms with Crippen LogP contribution in [0, 0.1) is 59.2 Å².